The molecule has 3 N–H and O–H groups in total. The second-order valence-corrected chi connectivity index (χ2v) is 8.78. The first-order valence-corrected chi connectivity index (χ1v) is 11.1. The van der Waals surface area contributed by atoms with E-state index in [9.17, 15) is 9.59 Å². The van der Waals surface area contributed by atoms with Crippen molar-refractivity contribution < 1.29 is 9.59 Å². The number of aromatic nitrogens is 1. The van der Waals surface area contributed by atoms with Crippen molar-refractivity contribution in [3.63, 3.8) is 0 Å². The number of nitrogens with zero attached hydrogens (tertiary/aromatic N) is 1. The molecule has 6 heteroatoms. The highest BCUT2D eigenvalue weighted by atomic mass is 32.1. The third-order valence-electron chi connectivity index (χ3n) is 5.68. The fourth-order valence-corrected chi connectivity index (χ4v) is 5.49. The standard InChI is InChI=1S/C25H21N3O2S/c26-23(29)22-17-11-5-7-13-21(17)31-25(22)28-24(30)18-14-20(15-8-2-1-3-9-15)27-19-12-6-4-10-16(18)19/h1-4,6,8-10,12,14H,5,7,11,13H2,(H2,26,29)(H,28,30). The number of carbonyl (C=O) groups is 2. The van der Waals surface area contributed by atoms with Crippen LogP contribution in [0.1, 0.15) is 44.0 Å². The summed E-state index contributed by atoms with van der Waals surface area (Å²) >= 11 is 1.47. The van der Waals surface area contributed by atoms with E-state index in [1.807, 2.05) is 60.7 Å². The predicted molar refractivity (Wildman–Crippen MR) is 125 cm³/mol. The summed E-state index contributed by atoms with van der Waals surface area (Å²) in [6.07, 6.45) is 3.88. The molecule has 4 aromatic rings. The topological polar surface area (TPSA) is 85.1 Å². The molecule has 2 aromatic carbocycles. The van der Waals surface area contributed by atoms with Crippen LogP contribution >= 0.6 is 11.3 Å². The van der Waals surface area contributed by atoms with Crippen molar-refractivity contribution in [1.29, 1.82) is 0 Å². The molecule has 154 valence electrons. The minimum Gasteiger partial charge on any atom is -0.365 e. The number of benzene rings is 2. The van der Waals surface area contributed by atoms with Gasteiger partial charge in [-0.05, 0) is 43.4 Å². The van der Waals surface area contributed by atoms with Gasteiger partial charge in [-0.25, -0.2) is 4.98 Å². The first-order valence-electron chi connectivity index (χ1n) is 10.3. The normalized spacial score (nSPS) is 13.0. The van der Waals surface area contributed by atoms with Gasteiger partial charge in [-0.2, -0.15) is 0 Å². The van der Waals surface area contributed by atoms with Crippen LogP contribution in [0.2, 0.25) is 0 Å². The van der Waals surface area contributed by atoms with Crippen LogP contribution in [0.5, 0.6) is 0 Å². The van der Waals surface area contributed by atoms with Crippen molar-refractivity contribution in [2.45, 2.75) is 25.7 Å². The van der Waals surface area contributed by atoms with Gasteiger partial charge in [0.2, 0.25) is 0 Å². The molecule has 5 rings (SSSR count). The summed E-state index contributed by atoms with van der Waals surface area (Å²) in [5.41, 5.74) is 10.1. The molecule has 0 bridgehead atoms. The van der Waals surface area contributed by atoms with E-state index in [4.69, 9.17) is 10.7 Å². The Morgan fingerprint density at radius 3 is 2.52 bits per heavy atom. The van der Waals surface area contributed by atoms with Crippen LogP contribution < -0.4 is 11.1 Å². The lowest BCUT2D eigenvalue weighted by Crippen LogP contribution is -2.19. The second-order valence-electron chi connectivity index (χ2n) is 7.67. The quantitative estimate of drug-likeness (QED) is 0.470. The van der Waals surface area contributed by atoms with E-state index in [2.05, 4.69) is 5.32 Å². The molecule has 1 aliphatic rings. The van der Waals surface area contributed by atoms with Gasteiger partial charge in [0.15, 0.2) is 0 Å². The Bertz CT molecular complexity index is 1310. The number of nitrogens with two attached hydrogens (primary N) is 1. The van der Waals surface area contributed by atoms with Gasteiger partial charge in [-0.3, -0.25) is 9.59 Å². The molecule has 0 unspecified atom stereocenters. The van der Waals surface area contributed by atoms with Crippen LogP contribution in [0, 0.1) is 0 Å². The number of anilines is 1. The molecule has 0 saturated carbocycles. The Hall–Kier alpha value is -3.51. The third-order valence-corrected chi connectivity index (χ3v) is 6.88. The minimum atomic E-state index is -0.487. The van der Waals surface area contributed by atoms with E-state index < -0.39 is 5.91 Å². The lowest BCUT2D eigenvalue weighted by Gasteiger charge is -2.12. The number of aryl methyl sites for hydroxylation is 1. The van der Waals surface area contributed by atoms with Gasteiger partial charge in [0.25, 0.3) is 11.8 Å². The predicted octanol–water partition coefficient (Wildman–Crippen LogP) is 5.19. The van der Waals surface area contributed by atoms with E-state index in [1.165, 1.54) is 11.3 Å². The number of hydrogen-bond acceptors (Lipinski definition) is 4. The summed E-state index contributed by atoms with van der Waals surface area (Å²) in [6, 6.07) is 19.2. The summed E-state index contributed by atoms with van der Waals surface area (Å²) in [4.78, 5) is 31.5. The molecule has 0 radical (unpaired) electrons. The molecule has 31 heavy (non-hydrogen) atoms. The van der Waals surface area contributed by atoms with E-state index >= 15 is 0 Å². The highest BCUT2D eigenvalue weighted by Crippen LogP contribution is 2.38. The molecule has 2 amide bonds. The van der Waals surface area contributed by atoms with Crippen molar-refractivity contribution in [1.82, 2.24) is 4.98 Å². The fraction of sp³-hybridized carbons (Fsp3) is 0.160. The Balaban J connectivity index is 1.59. The van der Waals surface area contributed by atoms with Crippen molar-refractivity contribution >= 4 is 39.1 Å². The zero-order valence-electron chi connectivity index (χ0n) is 16.9. The van der Waals surface area contributed by atoms with Gasteiger partial charge in [0.1, 0.15) is 5.00 Å². The van der Waals surface area contributed by atoms with Gasteiger partial charge in [0.05, 0.1) is 22.3 Å². The van der Waals surface area contributed by atoms with Gasteiger partial charge in [-0.15, -0.1) is 11.3 Å². The number of amides is 2. The highest BCUT2D eigenvalue weighted by molar-refractivity contribution is 7.17. The first-order chi connectivity index (χ1) is 15.1. The van der Waals surface area contributed by atoms with Crippen LogP contribution in [0.4, 0.5) is 5.00 Å². The molecule has 2 heterocycles. The van der Waals surface area contributed by atoms with E-state index in [1.54, 1.807) is 0 Å². The largest absolute Gasteiger partial charge is 0.365 e. The van der Waals surface area contributed by atoms with Gasteiger partial charge >= 0.3 is 0 Å². The number of carbonyl (C=O) groups excluding carboxylic acids is 2. The Morgan fingerprint density at radius 2 is 1.71 bits per heavy atom. The highest BCUT2D eigenvalue weighted by Gasteiger charge is 2.25. The summed E-state index contributed by atoms with van der Waals surface area (Å²) < 4.78 is 0. The van der Waals surface area contributed by atoms with Crippen LogP contribution in [-0.4, -0.2) is 16.8 Å². The lowest BCUT2D eigenvalue weighted by atomic mass is 9.95. The van der Waals surface area contributed by atoms with Gasteiger partial charge < -0.3 is 11.1 Å². The maximum absolute atomic E-state index is 13.4. The lowest BCUT2D eigenvalue weighted by molar-refractivity contribution is 0.100. The van der Waals surface area contributed by atoms with Crippen molar-refractivity contribution in [2.75, 3.05) is 5.32 Å². The van der Waals surface area contributed by atoms with Gasteiger partial charge in [-0.1, -0.05) is 48.5 Å². The Morgan fingerprint density at radius 1 is 0.968 bits per heavy atom. The number of thiophene rings is 1. The number of primary amides is 1. The monoisotopic (exact) mass is 427 g/mol. The zero-order valence-corrected chi connectivity index (χ0v) is 17.7. The van der Waals surface area contributed by atoms with Crippen molar-refractivity contribution in [3.8, 4) is 11.3 Å². The zero-order chi connectivity index (χ0) is 21.4. The smallest absolute Gasteiger partial charge is 0.257 e. The Kier molecular flexibility index (Phi) is 5.00. The molecule has 1 aliphatic carbocycles. The molecule has 0 aliphatic heterocycles. The van der Waals surface area contributed by atoms with Crippen molar-refractivity contribution in [2.24, 2.45) is 5.73 Å². The number of nitrogens with one attached hydrogen (secondary N) is 1. The minimum absolute atomic E-state index is 0.267. The van der Waals surface area contributed by atoms with Crippen LogP contribution in [-0.2, 0) is 12.8 Å². The summed E-state index contributed by atoms with van der Waals surface area (Å²) in [5, 5.41) is 4.30. The summed E-state index contributed by atoms with van der Waals surface area (Å²) in [6.45, 7) is 0. The molecule has 0 spiro atoms. The molecule has 5 nitrogen and oxygen atoms in total. The SMILES string of the molecule is NC(=O)c1c(NC(=O)c2cc(-c3ccccc3)nc3ccccc23)sc2c1CCCC2. The van der Waals surface area contributed by atoms with E-state index in [-0.39, 0.29) is 5.91 Å². The summed E-state index contributed by atoms with van der Waals surface area (Å²) in [7, 11) is 0. The fourth-order valence-electron chi connectivity index (χ4n) is 4.21. The number of hydrogen-bond donors (Lipinski definition) is 2. The summed E-state index contributed by atoms with van der Waals surface area (Å²) in [5.74, 6) is -0.754. The molecule has 2 aromatic heterocycles. The molecule has 0 atom stereocenters. The van der Waals surface area contributed by atoms with Crippen LogP contribution in [0.15, 0.2) is 60.7 Å². The second kappa shape index (κ2) is 7.96. The van der Waals surface area contributed by atoms with Crippen LogP contribution in [0.25, 0.3) is 22.2 Å². The van der Waals surface area contributed by atoms with Crippen molar-refractivity contribution in [3.05, 3.63) is 82.2 Å². The maximum atomic E-state index is 13.4. The number of pyridine rings is 1. The van der Waals surface area contributed by atoms with E-state index in [0.717, 1.165) is 58.3 Å². The third kappa shape index (κ3) is 3.59. The maximum Gasteiger partial charge on any atom is 0.257 e. The number of para-hydroxylation sites is 1. The Labute approximate surface area is 183 Å². The van der Waals surface area contributed by atoms with Crippen LogP contribution in [0.3, 0.4) is 0 Å². The molecular formula is C25H21N3O2S. The average Bonchev–Trinajstić information content (AvgIpc) is 3.17. The van der Waals surface area contributed by atoms with Gasteiger partial charge in [0, 0.05) is 15.8 Å². The first kappa shape index (κ1) is 19.5. The molecular weight excluding hydrogens is 406 g/mol. The number of rotatable bonds is 4. The average molecular weight is 428 g/mol. The van der Waals surface area contributed by atoms with E-state index in [0.29, 0.717) is 16.1 Å². The molecule has 0 fully saturated rings. The molecule has 0 saturated heterocycles. The number of fused-ring (bicyclic) bond motifs is 2.